The van der Waals surface area contributed by atoms with E-state index in [1.807, 2.05) is 13.1 Å². The van der Waals surface area contributed by atoms with Crippen molar-refractivity contribution in [1.82, 2.24) is 19.6 Å². The Morgan fingerprint density at radius 1 is 1.37 bits per heavy atom. The third-order valence-corrected chi connectivity index (χ3v) is 8.47. The molecule has 1 atom stereocenters. The highest BCUT2D eigenvalue weighted by atomic mass is 32.2. The van der Waals surface area contributed by atoms with Crippen LogP contribution in [-0.4, -0.2) is 48.7 Å². The maximum absolute atomic E-state index is 13.2. The normalized spacial score (nSPS) is 22.7. The molecule has 4 rings (SSSR count). The number of rotatable bonds is 3. The van der Waals surface area contributed by atoms with Crippen molar-refractivity contribution in [1.29, 1.82) is 0 Å². The number of carbonyl (C=O) groups is 1. The fraction of sp³-hybridized carbons (Fsp3) is 0.500. The minimum atomic E-state index is -3.64. The predicted molar refractivity (Wildman–Crippen MR) is 102 cm³/mol. The Morgan fingerprint density at radius 3 is 2.96 bits per heavy atom. The number of nitrogens with one attached hydrogen (secondary N) is 1. The first-order valence-electron chi connectivity index (χ1n) is 8.99. The molecule has 1 saturated heterocycles. The minimum absolute atomic E-state index is 0.195. The molecular weight excluding hydrogens is 384 g/mol. The molecule has 1 spiro atoms. The molecule has 2 aromatic heterocycles. The first-order chi connectivity index (χ1) is 12.9. The number of sulfonamides is 1. The lowest BCUT2D eigenvalue weighted by atomic mass is 9.78. The minimum Gasteiger partial charge on any atom is -0.354 e. The van der Waals surface area contributed by atoms with Crippen LogP contribution in [0.2, 0.25) is 0 Å². The van der Waals surface area contributed by atoms with Gasteiger partial charge in [-0.2, -0.15) is 4.31 Å². The van der Waals surface area contributed by atoms with E-state index in [2.05, 4.69) is 15.3 Å². The number of nitrogens with zero attached hydrogens (tertiary/aromatic N) is 3. The summed E-state index contributed by atoms with van der Waals surface area (Å²) in [6.07, 6.45) is 5.42. The van der Waals surface area contributed by atoms with E-state index < -0.39 is 10.0 Å². The van der Waals surface area contributed by atoms with Crippen molar-refractivity contribution in [2.24, 2.45) is 0 Å². The summed E-state index contributed by atoms with van der Waals surface area (Å²) < 4.78 is 28.0. The average Bonchev–Trinajstić information content (AvgIpc) is 3.28. The van der Waals surface area contributed by atoms with Crippen molar-refractivity contribution < 1.29 is 13.2 Å². The van der Waals surface area contributed by atoms with Crippen LogP contribution in [0.25, 0.3) is 0 Å². The Kier molecular flexibility index (Phi) is 4.56. The van der Waals surface area contributed by atoms with E-state index in [9.17, 15) is 13.2 Å². The Balaban J connectivity index is 1.65. The largest absolute Gasteiger partial charge is 0.354 e. The van der Waals surface area contributed by atoms with Gasteiger partial charge >= 0.3 is 0 Å². The number of hydrogen-bond donors (Lipinski definition) is 1. The highest BCUT2D eigenvalue weighted by molar-refractivity contribution is 7.89. The maximum Gasteiger partial charge on any atom is 0.261 e. The van der Waals surface area contributed by atoms with Crippen LogP contribution in [0, 0.1) is 6.92 Å². The van der Waals surface area contributed by atoms with Gasteiger partial charge < -0.3 is 5.32 Å². The molecule has 0 aromatic carbocycles. The zero-order valence-corrected chi connectivity index (χ0v) is 17.0. The molecule has 144 valence electrons. The van der Waals surface area contributed by atoms with Gasteiger partial charge in [0, 0.05) is 37.1 Å². The summed E-state index contributed by atoms with van der Waals surface area (Å²) in [5.74, 6) is 0.455. The number of amides is 1. The van der Waals surface area contributed by atoms with Crippen molar-refractivity contribution in [3.8, 4) is 0 Å². The number of piperidine rings is 1. The quantitative estimate of drug-likeness (QED) is 0.840. The number of aromatic nitrogens is 2. The number of aryl methyl sites for hydroxylation is 2. The van der Waals surface area contributed by atoms with E-state index in [-0.39, 0.29) is 16.2 Å². The Morgan fingerprint density at radius 2 is 2.19 bits per heavy atom. The number of carbonyl (C=O) groups excluding carboxylic acids is 1. The van der Waals surface area contributed by atoms with Crippen LogP contribution in [0.5, 0.6) is 0 Å². The van der Waals surface area contributed by atoms with Gasteiger partial charge in [0.05, 0.1) is 15.5 Å². The monoisotopic (exact) mass is 406 g/mol. The highest BCUT2D eigenvalue weighted by Crippen LogP contribution is 2.44. The third kappa shape index (κ3) is 3.07. The van der Waals surface area contributed by atoms with Gasteiger partial charge in [-0.25, -0.2) is 18.4 Å². The molecule has 1 N–H and O–H groups in total. The van der Waals surface area contributed by atoms with Crippen molar-refractivity contribution in [2.45, 2.75) is 42.9 Å². The summed E-state index contributed by atoms with van der Waals surface area (Å²) in [6.45, 7) is 2.80. The molecule has 2 aromatic rings. The molecule has 0 bridgehead atoms. The van der Waals surface area contributed by atoms with Gasteiger partial charge in [0.2, 0.25) is 10.0 Å². The lowest BCUT2D eigenvalue weighted by Crippen LogP contribution is -2.47. The van der Waals surface area contributed by atoms with Crippen LogP contribution in [-0.2, 0) is 21.9 Å². The molecule has 1 amide bonds. The van der Waals surface area contributed by atoms with Crippen LogP contribution in [0.1, 0.15) is 46.0 Å². The number of hydrogen-bond acceptors (Lipinski definition) is 6. The molecule has 0 saturated carbocycles. The van der Waals surface area contributed by atoms with Crippen molar-refractivity contribution in [3.05, 3.63) is 39.6 Å². The van der Waals surface area contributed by atoms with Gasteiger partial charge in [-0.3, -0.25) is 4.79 Å². The summed E-state index contributed by atoms with van der Waals surface area (Å²) in [5.41, 5.74) is 1.93. The standard InChI is InChI=1S/C18H22N4O3S2/c1-12-20-9-13-4-6-18(16(13)21-12)5-3-7-22(11-18)27(24,25)14-8-15(26-10-14)17(23)19-2/h8-10H,3-7,11H2,1-2H3,(H,19,23). The van der Waals surface area contributed by atoms with Crippen molar-refractivity contribution in [2.75, 3.05) is 20.1 Å². The summed E-state index contributed by atoms with van der Waals surface area (Å²) in [4.78, 5) is 21.3. The average molecular weight is 407 g/mol. The fourth-order valence-corrected chi connectivity index (χ4v) is 6.94. The van der Waals surface area contributed by atoms with Gasteiger partial charge in [0.15, 0.2) is 0 Å². The second kappa shape index (κ2) is 6.65. The number of fused-ring (bicyclic) bond motifs is 2. The van der Waals surface area contributed by atoms with Gasteiger partial charge in [-0.15, -0.1) is 11.3 Å². The molecule has 0 radical (unpaired) electrons. The van der Waals surface area contributed by atoms with E-state index in [1.54, 1.807) is 9.69 Å². The summed E-state index contributed by atoms with van der Waals surface area (Å²) in [7, 11) is -2.10. The first-order valence-corrected chi connectivity index (χ1v) is 11.3. The van der Waals surface area contributed by atoms with Crippen LogP contribution in [0.3, 0.4) is 0 Å². The molecule has 1 aliphatic heterocycles. The molecule has 9 heteroatoms. The molecular formula is C18H22N4O3S2. The first kappa shape index (κ1) is 18.5. The van der Waals surface area contributed by atoms with Crippen LogP contribution in [0.15, 0.2) is 22.5 Å². The van der Waals surface area contributed by atoms with Crippen LogP contribution < -0.4 is 5.32 Å². The molecule has 1 aliphatic carbocycles. The van der Waals surface area contributed by atoms with Crippen LogP contribution >= 0.6 is 11.3 Å². The van der Waals surface area contributed by atoms with Gasteiger partial charge in [0.25, 0.3) is 5.91 Å². The van der Waals surface area contributed by atoms with Gasteiger partial charge in [0.1, 0.15) is 5.82 Å². The second-order valence-electron chi connectivity index (χ2n) is 7.24. The Bertz CT molecular complexity index is 998. The zero-order chi connectivity index (χ0) is 19.2. The van der Waals surface area contributed by atoms with Crippen LogP contribution in [0.4, 0.5) is 0 Å². The van der Waals surface area contributed by atoms with Gasteiger partial charge in [-0.05, 0) is 44.2 Å². The highest BCUT2D eigenvalue weighted by Gasteiger charge is 2.46. The maximum atomic E-state index is 13.2. The summed E-state index contributed by atoms with van der Waals surface area (Å²) >= 11 is 1.15. The predicted octanol–water partition coefficient (Wildman–Crippen LogP) is 1.87. The summed E-state index contributed by atoms with van der Waals surface area (Å²) in [6, 6.07) is 1.47. The van der Waals surface area contributed by atoms with Gasteiger partial charge in [-0.1, -0.05) is 0 Å². The molecule has 2 aliphatic rings. The SMILES string of the molecule is CNC(=O)c1cc(S(=O)(=O)N2CCCC3(CCc4cnc(C)nc43)C2)cs1. The van der Waals surface area contributed by atoms with E-state index in [0.717, 1.165) is 54.1 Å². The Hall–Kier alpha value is -1.84. The molecule has 3 heterocycles. The third-order valence-electron chi connectivity index (χ3n) is 5.57. The molecule has 1 unspecified atom stereocenters. The second-order valence-corrected chi connectivity index (χ2v) is 10.1. The molecule has 7 nitrogen and oxygen atoms in total. The summed E-state index contributed by atoms with van der Waals surface area (Å²) in [5, 5.41) is 4.08. The lowest BCUT2D eigenvalue weighted by Gasteiger charge is -2.39. The zero-order valence-electron chi connectivity index (χ0n) is 15.4. The van der Waals surface area contributed by atoms with E-state index in [0.29, 0.717) is 18.0 Å². The van der Waals surface area contributed by atoms with E-state index >= 15 is 0 Å². The smallest absolute Gasteiger partial charge is 0.261 e. The molecule has 1 fully saturated rings. The lowest BCUT2D eigenvalue weighted by molar-refractivity contribution is 0.0967. The van der Waals surface area contributed by atoms with E-state index in [4.69, 9.17) is 0 Å². The fourth-order valence-electron chi connectivity index (χ4n) is 4.17. The topological polar surface area (TPSA) is 92.3 Å². The van der Waals surface area contributed by atoms with Crippen molar-refractivity contribution >= 4 is 27.3 Å². The van der Waals surface area contributed by atoms with Crippen molar-refractivity contribution in [3.63, 3.8) is 0 Å². The Labute approximate surface area is 162 Å². The number of thiophene rings is 1. The van der Waals surface area contributed by atoms with E-state index in [1.165, 1.54) is 13.1 Å². The molecule has 27 heavy (non-hydrogen) atoms.